The monoisotopic (exact) mass is 288 g/mol. The molecule has 0 fully saturated rings. The van der Waals surface area contributed by atoms with Crippen LogP contribution >= 0.6 is 0 Å². The van der Waals surface area contributed by atoms with Gasteiger partial charge in [-0.25, -0.2) is 0 Å². The molecule has 0 aliphatic rings. The van der Waals surface area contributed by atoms with Crippen molar-refractivity contribution in [3.63, 3.8) is 0 Å². The third-order valence-corrected chi connectivity index (χ3v) is 3.59. The van der Waals surface area contributed by atoms with E-state index < -0.39 is 0 Å². The SMILES string of the molecule is Cc1ccc(C(C)(C)CN(C)Cc2noc(CN)n2)cc1. The highest BCUT2D eigenvalue weighted by atomic mass is 16.5. The Kier molecular flexibility index (Phi) is 4.75. The molecule has 1 aromatic heterocycles. The van der Waals surface area contributed by atoms with E-state index in [0.29, 0.717) is 18.3 Å². The van der Waals surface area contributed by atoms with E-state index in [-0.39, 0.29) is 12.0 Å². The molecule has 21 heavy (non-hydrogen) atoms. The zero-order valence-corrected chi connectivity index (χ0v) is 13.3. The van der Waals surface area contributed by atoms with E-state index >= 15 is 0 Å². The van der Waals surface area contributed by atoms with Crippen molar-refractivity contribution in [3.8, 4) is 0 Å². The van der Waals surface area contributed by atoms with Crippen LogP contribution in [-0.4, -0.2) is 28.6 Å². The Bertz CT molecular complexity index is 574. The molecule has 1 heterocycles. The minimum Gasteiger partial charge on any atom is -0.338 e. The van der Waals surface area contributed by atoms with Crippen LogP contribution in [0.1, 0.15) is 36.7 Å². The van der Waals surface area contributed by atoms with E-state index in [2.05, 4.69) is 67.1 Å². The molecule has 2 N–H and O–H groups in total. The molecular formula is C16H24N4O. The van der Waals surface area contributed by atoms with Crippen LogP contribution in [0.3, 0.4) is 0 Å². The standard InChI is InChI=1S/C16H24N4O/c1-12-5-7-13(8-6-12)16(2,3)11-20(4)10-14-18-15(9-17)21-19-14/h5-8H,9-11,17H2,1-4H3. The van der Waals surface area contributed by atoms with Gasteiger partial charge in [0.1, 0.15) is 0 Å². The molecule has 1 aromatic carbocycles. The summed E-state index contributed by atoms with van der Waals surface area (Å²) in [5, 5.41) is 3.93. The fraction of sp³-hybridized carbons (Fsp3) is 0.500. The average molecular weight is 288 g/mol. The van der Waals surface area contributed by atoms with Gasteiger partial charge in [-0.3, -0.25) is 4.90 Å². The van der Waals surface area contributed by atoms with Gasteiger partial charge in [0, 0.05) is 12.0 Å². The van der Waals surface area contributed by atoms with Gasteiger partial charge < -0.3 is 10.3 Å². The Morgan fingerprint density at radius 2 is 1.90 bits per heavy atom. The van der Waals surface area contributed by atoms with Crippen molar-refractivity contribution in [1.29, 1.82) is 0 Å². The molecule has 0 atom stereocenters. The molecule has 5 nitrogen and oxygen atoms in total. The van der Waals surface area contributed by atoms with Gasteiger partial charge in [-0.05, 0) is 19.5 Å². The largest absolute Gasteiger partial charge is 0.338 e. The first-order chi connectivity index (χ1) is 9.90. The highest BCUT2D eigenvalue weighted by Crippen LogP contribution is 2.24. The Labute approximate surface area is 126 Å². The molecule has 0 aliphatic heterocycles. The van der Waals surface area contributed by atoms with Crippen LogP contribution in [-0.2, 0) is 18.5 Å². The quantitative estimate of drug-likeness (QED) is 0.883. The van der Waals surface area contributed by atoms with E-state index in [9.17, 15) is 0 Å². The smallest absolute Gasteiger partial charge is 0.240 e. The van der Waals surface area contributed by atoms with Gasteiger partial charge in [-0.1, -0.05) is 48.8 Å². The summed E-state index contributed by atoms with van der Waals surface area (Å²) in [4.78, 5) is 6.44. The highest BCUT2D eigenvalue weighted by Gasteiger charge is 2.23. The van der Waals surface area contributed by atoms with Crippen LogP contribution in [0.25, 0.3) is 0 Å². The summed E-state index contributed by atoms with van der Waals surface area (Å²) in [6, 6.07) is 8.71. The number of hydrogen-bond acceptors (Lipinski definition) is 5. The Balaban J connectivity index is 2.00. The molecule has 0 saturated carbocycles. The van der Waals surface area contributed by atoms with Gasteiger partial charge in [0.05, 0.1) is 13.1 Å². The predicted octanol–water partition coefficient (Wildman–Crippen LogP) is 2.25. The summed E-state index contributed by atoms with van der Waals surface area (Å²) in [6.45, 7) is 8.44. The van der Waals surface area contributed by atoms with Gasteiger partial charge in [0.25, 0.3) is 0 Å². The van der Waals surface area contributed by atoms with Crippen molar-refractivity contribution < 1.29 is 4.52 Å². The van der Waals surface area contributed by atoms with Crippen LogP contribution in [0.5, 0.6) is 0 Å². The van der Waals surface area contributed by atoms with Crippen molar-refractivity contribution in [2.24, 2.45) is 5.73 Å². The minimum atomic E-state index is 0.0584. The first-order valence-corrected chi connectivity index (χ1v) is 7.18. The maximum Gasteiger partial charge on any atom is 0.240 e. The molecule has 0 aliphatic carbocycles. The summed E-state index contributed by atoms with van der Waals surface area (Å²) in [6.07, 6.45) is 0. The normalized spacial score (nSPS) is 12.1. The van der Waals surface area contributed by atoms with Crippen LogP contribution in [0, 0.1) is 6.92 Å². The molecule has 114 valence electrons. The molecule has 0 unspecified atom stereocenters. The Morgan fingerprint density at radius 3 is 2.48 bits per heavy atom. The molecule has 0 amide bonds. The van der Waals surface area contributed by atoms with E-state index in [1.165, 1.54) is 11.1 Å². The lowest BCUT2D eigenvalue weighted by atomic mass is 9.84. The summed E-state index contributed by atoms with van der Waals surface area (Å²) in [5.74, 6) is 1.16. The minimum absolute atomic E-state index is 0.0584. The van der Waals surface area contributed by atoms with Crippen LogP contribution in [0.4, 0.5) is 0 Å². The van der Waals surface area contributed by atoms with Crippen molar-refractivity contribution in [2.45, 2.75) is 39.3 Å². The lowest BCUT2D eigenvalue weighted by Crippen LogP contribution is -2.34. The number of nitrogens with zero attached hydrogens (tertiary/aromatic N) is 3. The molecule has 0 radical (unpaired) electrons. The zero-order valence-electron chi connectivity index (χ0n) is 13.3. The van der Waals surface area contributed by atoms with E-state index in [1.807, 2.05) is 0 Å². The van der Waals surface area contributed by atoms with E-state index in [1.54, 1.807) is 0 Å². The Morgan fingerprint density at radius 1 is 1.24 bits per heavy atom. The van der Waals surface area contributed by atoms with E-state index in [4.69, 9.17) is 10.3 Å². The molecule has 0 spiro atoms. The zero-order chi connectivity index (χ0) is 15.5. The fourth-order valence-electron chi connectivity index (χ4n) is 2.51. The number of hydrogen-bond donors (Lipinski definition) is 1. The maximum atomic E-state index is 5.47. The molecule has 5 heteroatoms. The second-order valence-electron chi connectivity index (χ2n) is 6.23. The fourth-order valence-corrected chi connectivity index (χ4v) is 2.51. The summed E-state index contributed by atoms with van der Waals surface area (Å²) >= 11 is 0. The number of rotatable bonds is 6. The molecule has 2 rings (SSSR count). The summed E-state index contributed by atoms with van der Waals surface area (Å²) in [7, 11) is 2.06. The molecule has 0 saturated heterocycles. The third-order valence-electron chi connectivity index (χ3n) is 3.59. The van der Waals surface area contributed by atoms with Crippen molar-refractivity contribution in [1.82, 2.24) is 15.0 Å². The number of nitrogens with two attached hydrogens (primary N) is 1. The van der Waals surface area contributed by atoms with E-state index in [0.717, 1.165) is 6.54 Å². The van der Waals surface area contributed by atoms with Crippen molar-refractivity contribution >= 4 is 0 Å². The van der Waals surface area contributed by atoms with Crippen molar-refractivity contribution in [2.75, 3.05) is 13.6 Å². The first kappa shape index (κ1) is 15.7. The highest BCUT2D eigenvalue weighted by molar-refractivity contribution is 5.27. The lowest BCUT2D eigenvalue weighted by Gasteiger charge is -2.30. The first-order valence-electron chi connectivity index (χ1n) is 7.18. The van der Waals surface area contributed by atoms with Gasteiger partial charge >= 0.3 is 0 Å². The van der Waals surface area contributed by atoms with Crippen molar-refractivity contribution in [3.05, 3.63) is 47.1 Å². The molecular weight excluding hydrogens is 264 g/mol. The predicted molar refractivity (Wildman–Crippen MR) is 82.7 cm³/mol. The average Bonchev–Trinajstić information content (AvgIpc) is 2.86. The second kappa shape index (κ2) is 6.37. The van der Waals surface area contributed by atoms with Gasteiger partial charge in [0.15, 0.2) is 5.82 Å². The number of aryl methyl sites for hydroxylation is 1. The van der Waals surface area contributed by atoms with Gasteiger partial charge in [0.2, 0.25) is 5.89 Å². The summed E-state index contributed by atoms with van der Waals surface area (Å²) in [5.41, 5.74) is 8.14. The number of aromatic nitrogens is 2. The van der Waals surface area contributed by atoms with Crippen LogP contribution in [0.2, 0.25) is 0 Å². The lowest BCUT2D eigenvalue weighted by molar-refractivity contribution is 0.251. The molecule has 2 aromatic rings. The van der Waals surface area contributed by atoms with Gasteiger partial charge in [-0.15, -0.1) is 0 Å². The summed E-state index contributed by atoms with van der Waals surface area (Å²) < 4.78 is 5.03. The number of benzene rings is 1. The number of likely N-dealkylation sites (N-methyl/N-ethyl adjacent to an activating group) is 1. The Hall–Kier alpha value is -1.72. The molecule has 0 bridgehead atoms. The van der Waals surface area contributed by atoms with Crippen LogP contribution in [0.15, 0.2) is 28.8 Å². The van der Waals surface area contributed by atoms with Crippen LogP contribution < -0.4 is 5.73 Å². The second-order valence-corrected chi connectivity index (χ2v) is 6.23. The topological polar surface area (TPSA) is 68.2 Å². The third kappa shape index (κ3) is 4.12. The van der Waals surface area contributed by atoms with Gasteiger partial charge in [-0.2, -0.15) is 4.98 Å². The maximum absolute atomic E-state index is 5.47.